The molecule has 1 fully saturated rings. The van der Waals surface area contributed by atoms with E-state index < -0.39 is 0 Å². The van der Waals surface area contributed by atoms with E-state index in [0.29, 0.717) is 34.5 Å². The maximum atomic E-state index is 11.9. The van der Waals surface area contributed by atoms with Gasteiger partial charge in [-0.15, -0.1) is 0 Å². The van der Waals surface area contributed by atoms with E-state index >= 15 is 0 Å². The normalized spacial score (nSPS) is 14.6. The smallest absolute Gasteiger partial charge is 0.251 e. The Morgan fingerprint density at radius 3 is 2.70 bits per heavy atom. The fraction of sp³-hybridized carbons (Fsp3) is 0.308. The Bertz CT molecular complexity index is 515. The van der Waals surface area contributed by atoms with Crippen molar-refractivity contribution in [2.45, 2.75) is 0 Å². The SMILES string of the molecule is COc1ccc(C(=O)NCCN2C(=O)CSC2=S)cc1. The summed E-state index contributed by atoms with van der Waals surface area (Å²) < 4.78 is 5.61. The molecule has 2 amide bonds. The van der Waals surface area contributed by atoms with Crippen molar-refractivity contribution in [3.8, 4) is 5.75 Å². The van der Waals surface area contributed by atoms with E-state index in [1.54, 1.807) is 31.4 Å². The van der Waals surface area contributed by atoms with Gasteiger partial charge in [0.15, 0.2) is 0 Å². The van der Waals surface area contributed by atoms with Gasteiger partial charge in [0, 0.05) is 18.7 Å². The first kappa shape index (κ1) is 14.8. The summed E-state index contributed by atoms with van der Waals surface area (Å²) in [5.74, 6) is 0.911. The Hall–Kier alpha value is -1.60. The monoisotopic (exact) mass is 310 g/mol. The first-order valence-electron chi connectivity index (χ1n) is 6.01. The molecule has 5 nitrogen and oxygen atoms in total. The van der Waals surface area contributed by atoms with Crippen LogP contribution in [0.15, 0.2) is 24.3 Å². The summed E-state index contributed by atoms with van der Waals surface area (Å²) in [6.07, 6.45) is 0. The summed E-state index contributed by atoms with van der Waals surface area (Å²) in [4.78, 5) is 24.9. The molecular weight excluding hydrogens is 296 g/mol. The largest absolute Gasteiger partial charge is 0.497 e. The van der Waals surface area contributed by atoms with E-state index in [4.69, 9.17) is 17.0 Å². The Balaban J connectivity index is 1.82. The molecule has 0 radical (unpaired) electrons. The first-order valence-corrected chi connectivity index (χ1v) is 7.40. The minimum absolute atomic E-state index is 0.00121. The van der Waals surface area contributed by atoms with Crippen molar-refractivity contribution in [2.24, 2.45) is 0 Å². The van der Waals surface area contributed by atoms with Gasteiger partial charge in [0.25, 0.3) is 5.91 Å². The molecule has 7 heteroatoms. The highest BCUT2D eigenvalue weighted by molar-refractivity contribution is 8.23. The van der Waals surface area contributed by atoms with Crippen molar-refractivity contribution in [1.29, 1.82) is 0 Å². The van der Waals surface area contributed by atoms with Gasteiger partial charge in [0.05, 0.1) is 12.9 Å². The average molecular weight is 310 g/mol. The van der Waals surface area contributed by atoms with Crippen molar-refractivity contribution >= 4 is 40.1 Å². The van der Waals surface area contributed by atoms with E-state index in [0.717, 1.165) is 0 Å². The highest BCUT2D eigenvalue weighted by Gasteiger charge is 2.25. The lowest BCUT2D eigenvalue weighted by Gasteiger charge is -2.15. The van der Waals surface area contributed by atoms with E-state index in [9.17, 15) is 9.59 Å². The number of carbonyl (C=O) groups excluding carboxylic acids is 2. The van der Waals surface area contributed by atoms with Gasteiger partial charge >= 0.3 is 0 Å². The zero-order valence-corrected chi connectivity index (χ0v) is 12.6. The summed E-state index contributed by atoms with van der Waals surface area (Å²) in [5, 5.41) is 2.76. The Kier molecular flexibility index (Phi) is 4.97. The minimum Gasteiger partial charge on any atom is -0.497 e. The lowest BCUT2D eigenvalue weighted by molar-refractivity contribution is -0.123. The van der Waals surface area contributed by atoms with Crippen LogP contribution >= 0.6 is 24.0 Å². The standard InChI is InChI=1S/C13H14N2O3S2/c1-18-10-4-2-9(3-5-10)12(17)14-6-7-15-11(16)8-20-13(15)19/h2-5H,6-8H2,1H3,(H,14,17). The molecule has 1 N–H and O–H groups in total. The Morgan fingerprint density at radius 1 is 1.45 bits per heavy atom. The number of amides is 2. The summed E-state index contributed by atoms with van der Waals surface area (Å²) in [6.45, 7) is 0.782. The lowest BCUT2D eigenvalue weighted by atomic mass is 10.2. The first-order chi connectivity index (χ1) is 9.61. The summed E-state index contributed by atoms with van der Waals surface area (Å²) in [6, 6.07) is 6.83. The van der Waals surface area contributed by atoms with E-state index in [2.05, 4.69) is 5.32 Å². The number of carbonyl (C=O) groups is 2. The molecule has 1 aromatic rings. The van der Waals surface area contributed by atoms with Gasteiger partial charge < -0.3 is 10.1 Å². The fourth-order valence-electron chi connectivity index (χ4n) is 1.72. The minimum atomic E-state index is -0.183. The molecule has 0 bridgehead atoms. The molecular formula is C13H14N2O3S2. The molecule has 0 saturated carbocycles. The summed E-state index contributed by atoms with van der Waals surface area (Å²) >= 11 is 6.41. The number of rotatable bonds is 5. The van der Waals surface area contributed by atoms with E-state index in [-0.39, 0.29) is 11.8 Å². The van der Waals surface area contributed by atoms with Crippen molar-refractivity contribution in [3.63, 3.8) is 0 Å². The van der Waals surface area contributed by atoms with Crippen molar-refractivity contribution < 1.29 is 14.3 Å². The molecule has 0 aromatic heterocycles. The van der Waals surface area contributed by atoms with Crippen LogP contribution in [-0.4, -0.2) is 47.0 Å². The topological polar surface area (TPSA) is 58.6 Å². The quantitative estimate of drug-likeness (QED) is 0.831. The molecule has 20 heavy (non-hydrogen) atoms. The molecule has 1 heterocycles. The number of thioether (sulfide) groups is 1. The van der Waals surface area contributed by atoms with E-state index in [1.807, 2.05) is 0 Å². The summed E-state index contributed by atoms with van der Waals surface area (Å²) in [5.41, 5.74) is 0.551. The van der Waals surface area contributed by atoms with Crippen LogP contribution in [0.2, 0.25) is 0 Å². The molecule has 1 aliphatic rings. The number of nitrogens with zero attached hydrogens (tertiary/aromatic N) is 1. The Morgan fingerprint density at radius 2 is 2.15 bits per heavy atom. The van der Waals surface area contributed by atoms with Crippen LogP contribution in [0, 0.1) is 0 Å². The number of hydrogen-bond donors (Lipinski definition) is 1. The van der Waals surface area contributed by atoms with Crippen molar-refractivity contribution in [2.75, 3.05) is 26.0 Å². The molecule has 0 aliphatic carbocycles. The fourth-order valence-corrected chi connectivity index (χ4v) is 2.84. The summed E-state index contributed by atoms with van der Waals surface area (Å²) in [7, 11) is 1.57. The third-order valence-electron chi connectivity index (χ3n) is 2.81. The maximum Gasteiger partial charge on any atom is 0.251 e. The van der Waals surface area contributed by atoms with Crippen molar-refractivity contribution in [3.05, 3.63) is 29.8 Å². The molecule has 106 valence electrons. The highest BCUT2D eigenvalue weighted by Crippen LogP contribution is 2.18. The van der Waals surface area contributed by atoms with Crippen LogP contribution in [0.3, 0.4) is 0 Å². The molecule has 0 atom stereocenters. The van der Waals surface area contributed by atoms with Gasteiger partial charge in [-0.1, -0.05) is 24.0 Å². The van der Waals surface area contributed by atoms with Crippen LogP contribution in [0.5, 0.6) is 5.75 Å². The Labute approximate surface area is 126 Å². The molecule has 1 saturated heterocycles. The van der Waals surface area contributed by atoms with Crippen molar-refractivity contribution in [1.82, 2.24) is 10.2 Å². The van der Waals surface area contributed by atoms with Crippen LogP contribution in [0.4, 0.5) is 0 Å². The van der Waals surface area contributed by atoms with Crippen LogP contribution < -0.4 is 10.1 Å². The van der Waals surface area contributed by atoms with Gasteiger partial charge in [-0.3, -0.25) is 14.5 Å². The van der Waals surface area contributed by atoms with E-state index in [1.165, 1.54) is 16.7 Å². The van der Waals surface area contributed by atoms with Crippen LogP contribution in [0.1, 0.15) is 10.4 Å². The number of nitrogens with one attached hydrogen (secondary N) is 1. The third kappa shape index (κ3) is 3.49. The lowest BCUT2D eigenvalue weighted by Crippen LogP contribution is -2.37. The van der Waals surface area contributed by atoms with Gasteiger partial charge in [-0.05, 0) is 24.3 Å². The second-order valence-corrected chi connectivity index (χ2v) is 5.69. The predicted molar refractivity (Wildman–Crippen MR) is 82.1 cm³/mol. The van der Waals surface area contributed by atoms with Gasteiger partial charge in [-0.2, -0.15) is 0 Å². The second kappa shape index (κ2) is 6.71. The molecule has 0 unspecified atom stereocenters. The zero-order valence-electron chi connectivity index (χ0n) is 10.9. The molecule has 0 spiro atoms. The number of thiocarbonyl (C=S) groups is 1. The van der Waals surface area contributed by atoms with Gasteiger partial charge in [-0.25, -0.2) is 0 Å². The number of ether oxygens (including phenoxy) is 1. The van der Waals surface area contributed by atoms with Crippen LogP contribution in [-0.2, 0) is 4.79 Å². The average Bonchev–Trinajstić information content (AvgIpc) is 2.79. The number of methoxy groups -OCH3 is 1. The molecule has 2 rings (SSSR count). The highest BCUT2D eigenvalue weighted by atomic mass is 32.2. The number of benzene rings is 1. The van der Waals surface area contributed by atoms with Crippen LogP contribution in [0.25, 0.3) is 0 Å². The maximum absolute atomic E-state index is 11.9. The third-order valence-corrected chi connectivity index (χ3v) is 4.25. The second-order valence-electron chi connectivity index (χ2n) is 4.08. The molecule has 1 aromatic carbocycles. The zero-order chi connectivity index (χ0) is 14.5. The number of hydrogen-bond acceptors (Lipinski definition) is 5. The van der Waals surface area contributed by atoms with Gasteiger partial charge in [0.2, 0.25) is 5.91 Å². The molecule has 1 aliphatic heterocycles. The predicted octanol–water partition coefficient (Wildman–Crippen LogP) is 1.29. The van der Waals surface area contributed by atoms with Gasteiger partial charge in [0.1, 0.15) is 10.1 Å².